The van der Waals surface area contributed by atoms with Gasteiger partial charge in [-0.05, 0) is 18.0 Å². The van der Waals surface area contributed by atoms with Gasteiger partial charge in [-0.1, -0.05) is 46.0 Å². The SMILES string of the molecule is Nc1nc(C(N=O)C(=O)N[C@@H]2C(=O)N3C(C(=O)O)=C(Sc4nncs4)CC[C@H]23)c(Cl)s1. The number of nitroso groups, excluding NO2 is 1. The number of nitrogens with zero attached hydrogens (tertiary/aromatic N) is 5. The number of carbonyl (C=O) groups excluding carboxylic acids is 2. The number of hydrogen-bond acceptors (Lipinski definition) is 12. The molecule has 0 saturated carbocycles. The number of nitrogens with two attached hydrogens (primary N) is 1. The van der Waals surface area contributed by atoms with Crippen LogP contribution in [0.2, 0.25) is 4.34 Å². The lowest BCUT2D eigenvalue weighted by molar-refractivity contribution is -0.156. The van der Waals surface area contributed by atoms with Crippen LogP contribution < -0.4 is 11.1 Å². The number of β-lactam (4-membered cyclic amide) rings is 1. The van der Waals surface area contributed by atoms with E-state index in [-0.39, 0.29) is 20.9 Å². The average molecular weight is 502 g/mol. The van der Waals surface area contributed by atoms with Crippen molar-refractivity contribution < 1.29 is 19.5 Å². The van der Waals surface area contributed by atoms with Gasteiger partial charge < -0.3 is 16.2 Å². The number of aliphatic carboxylic acids is 1. The molecule has 2 aromatic rings. The zero-order chi connectivity index (χ0) is 22.3. The van der Waals surface area contributed by atoms with Crippen LogP contribution in [0.15, 0.2) is 25.6 Å². The standard InChI is InChI=1S/C15H12ClN7O5S3/c16-10-7(20-14(17)31-10)8(22-28)11(24)19-6-4-1-2-5(30-15-21-18-3-29-15)9(13(26)27)23(4)12(6)25/h3-4,6,8H,1-2H2,(H2,17,20)(H,19,24)(H,26,27)/t4-,6+,8?/m1/s1. The van der Waals surface area contributed by atoms with Gasteiger partial charge in [-0.25, -0.2) is 9.78 Å². The second kappa shape index (κ2) is 8.49. The zero-order valence-corrected chi connectivity index (χ0v) is 18.4. The van der Waals surface area contributed by atoms with E-state index in [1.165, 1.54) is 16.8 Å². The van der Waals surface area contributed by atoms with Crippen LogP contribution >= 0.6 is 46.0 Å². The molecule has 0 bridgehead atoms. The number of carboxylic acid groups (broad SMARTS) is 1. The van der Waals surface area contributed by atoms with Crippen molar-refractivity contribution in [2.24, 2.45) is 5.18 Å². The zero-order valence-electron chi connectivity index (χ0n) is 15.2. The lowest BCUT2D eigenvalue weighted by atomic mass is 9.86. The number of nitrogen functional groups attached to an aromatic ring is 1. The number of allylic oxidation sites excluding steroid dienone is 1. The first-order valence-electron chi connectivity index (χ1n) is 8.59. The molecule has 0 spiro atoms. The summed E-state index contributed by atoms with van der Waals surface area (Å²) in [7, 11) is 0. The Balaban J connectivity index is 1.52. The van der Waals surface area contributed by atoms with Crippen LogP contribution in [0.1, 0.15) is 24.6 Å². The van der Waals surface area contributed by atoms with E-state index in [4.69, 9.17) is 17.3 Å². The number of fused-ring (bicyclic) bond motifs is 1. The molecule has 4 rings (SSSR count). The van der Waals surface area contributed by atoms with Crippen LogP contribution in [-0.4, -0.2) is 55.1 Å². The molecule has 0 radical (unpaired) electrons. The maximum atomic E-state index is 12.7. The van der Waals surface area contributed by atoms with Gasteiger partial charge in [0.15, 0.2) is 9.47 Å². The molecular weight excluding hydrogens is 490 g/mol. The molecule has 2 amide bonds. The molecule has 4 heterocycles. The first-order valence-corrected chi connectivity index (χ1v) is 11.5. The minimum Gasteiger partial charge on any atom is -0.477 e. The first-order chi connectivity index (χ1) is 14.8. The van der Waals surface area contributed by atoms with E-state index < -0.39 is 35.9 Å². The number of nitrogens with one attached hydrogen (secondary N) is 1. The number of anilines is 1. The highest BCUT2D eigenvalue weighted by Crippen LogP contribution is 2.43. The number of carboxylic acids is 1. The lowest BCUT2D eigenvalue weighted by Crippen LogP contribution is -2.71. The third kappa shape index (κ3) is 3.88. The second-order valence-corrected chi connectivity index (χ2v) is 10.2. The number of thiazole rings is 1. The molecule has 0 aromatic carbocycles. The predicted molar refractivity (Wildman–Crippen MR) is 112 cm³/mol. The summed E-state index contributed by atoms with van der Waals surface area (Å²) in [5.41, 5.74) is 6.83. The highest BCUT2D eigenvalue weighted by Gasteiger charge is 2.54. The summed E-state index contributed by atoms with van der Waals surface area (Å²) in [5, 5.41) is 22.6. The maximum absolute atomic E-state index is 12.7. The Labute approximate surface area is 190 Å². The van der Waals surface area contributed by atoms with Crippen molar-refractivity contribution in [1.82, 2.24) is 25.4 Å². The Kier molecular flexibility index (Phi) is 5.92. The number of thioether (sulfide) groups is 1. The van der Waals surface area contributed by atoms with Crippen molar-refractivity contribution in [3.05, 3.63) is 31.1 Å². The fraction of sp³-hybridized carbons (Fsp3) is 0.333. The molecular formula is C15H12ClN7O5S3. The number of hydrogen-bond donors (Lipinski definition) is 3. The van der Waals surface area contributed by atoms with Crippen LogP contribution in [0.25, 0.3) is 0 Å². The van der Waals surface area contributed by atoms with Gasteiger partial charge in [0.2, 0.25) is 6.04 Å². The van der Waals surface area contributed by atoms with E-state index >= 15 is 0 Å². The van der Waals surface area contributed by atoms with E-state index in [1.807, 2.05) is 0 Å². The molecule has 3 atom stereocenters. The normalized spacial score (nSPS) is 21.3. The molecule has 162 valence electrons. The van der Waals surface area contributed by atoms with Crippen LogP contribution in [0.4, 0.5) is 5.13 Å². The molecule has 31 heavy (non-hydrogen) atoms. The van der Waals surface area contributed by atoms with Crippen LogP contribution in [-0.2, 0) is 14.4 Å². The van der Waals surface area contributed by atoms with Gasteiger partial charge in [0.05, 0.1) is 6.04 Å². The third-order valence-electron chi connectivity index (χ3n) is 4.68. The molecule has 2 aliphatic heterocycles. The highest BCUT2D eigenvalue weighted by molar-refractivity contribution is 8.04. The average Bonchev–Trinajstić information content (AvgIpc) is 3.35. The van der Waals surface area contributed by atoms with Gasteiger partial charge in [-0.2, -0.15) is 0 Å². The summed E-state index contributed by atoms with van der Waals surface area (Å²) in [6, 6.07) is -3.14. The smallest absolute Gasteiger partial charge is 0.353 e. The predicted octanol–water partition coefficient (Wildman–Crippen LogP) is 1.62. The van der Waals surface area contributed by atoms with Gasteiger partial charge in [0.1, 0.15) is 27.3 Å². The topological polar surface area (TPSA) is 181 Å². The summed E-state index contributed by atoms with van der Waals surface area (Å²) < 4.78 is 0.607. The minimum atomic E-state index is -1.58. The summed E-state index contributed by atoms with van der Waals surface area (Å²) in [6.45, 7) is 0. The van der Waals surface area contributed by atoms with E-state index in [0.29, 0.717) is 22.1 Å². The van der Waals surface area contributed by atoms with Gasteiger partial charge >= 0.3 is 5.97 Å². The van der Waals surface area contributed by atoms with Gasteiger partial charge in [0, 0.05) is 4.91 Å². The van der Waals surface area contributed by atoms with Crippen LogP contribution in [0.3, 0.4) is 0 Å². The van der Waals surface area contributed by atoms with Gasteiger partial charge in [-0.15, -0.1) is 15.1 Å². The number of halogens is 1. The fourth-order valence-electron chi connectivity index (χ4n) is 3.39. The molecule has 1 fully saturated rings. The third-order valence-corrected chi connectivity index (χ3v) is 7.72. The Morgan fingerprint density at radius 2 is 2.26 bits per heavy atom. The molecule has 12 nitrogen and oxygen atoms in total. The first kappa shape index (κ1) is 21.6. The molecule has 2 aromatic heterocycles. The Hall–Kier alpha value is -2.62. The largest absolute Gasteiger partial charge is 0.477 e. The molecule has 4 N–H and O–H groups in total. The van der Waals surface area contributed by atoms with E-state index in [9.17, 15) is 24.4 Å². The van der Waals surface area contributed by atoms with E-state index in [0.717, 1.165) is 28.0 Å². The van der Waals surface area contributed by atoms with Crippen molar-refractivity contribution in [3.8, 4) is 0 Å². The van der Waals surface area contributed by atoms with Gasteiger partial charge in [-0.3, -0.25) is 14.5 Å². The summed E-state index contributed by atoms with van der Waals surface area (Å²) in [5.74, 6) is -2.72. The number of aromatic nitrogens is 3. The van der Waals surface area contributed by atoms with Crippen molar-refractivity contribution in [3.63, 3.8) is 0 Å². The van der Waals surface area contributed by atoms with Crippen molar-refractivity contribution >= 4 is 69.0 Å². The molecule has 2 aliphatic rings. The molecule has 1 saturated heterocycles. The lowest BCUT2D eigenvalue weighted by Gasteiger charge is -2.50. The van der Waals surface area contributed by atoms with Crippen LogP contribution in [0, 0.1) is 4.91 Å². The minimum absolute atomic E-state index is 0.0471. The summed E-state index contributed by atoms with van der Waals surface area (Å²) in [4.78, 5) is 53.9. The molecule has 16 heteroatoms. The van der Waals surface area contributed by atoms with Crippen LogP contribution in [0.5, 0.6) is 0 Å². The highest BCUT2D eigenvalue weighted by atomic mass is 35.5. The van der Waals surface area contributed by atoms with Crippen molar-refractivity contribution in [1.29, 1.82) is 0 Å². The monoisotopic (exact) mass is 501 g/mol. The van der Waals surface area contributed by atoms with E-state index in [1.54, 1.807) is 0 Å². The quantitative estimate of drug-likeness (QED) is 0.372. The number of amides is 2. The van der Waals surface area contributed by atoms with Crippen molar-refractivity contribution in [2.45, 2.75) is 35.3 Å². The van der Waals surface area contributed by atoms with Gasteiger partial charge in [0.25, 0.3) is 11.8 Å². The maximum Gasteiger partial charge on any atom is 0.353 e. The second-order valence-electron chi connectivity index (χ2n) is 6.40. The summed E-state index contributed by atoms with van der Waals surface area (Å²) in [6.07, 6.45) is 0.786. The molecule has 1 unspecified atom stereocenters. The molecule has 0 aliphatic carbocycles. The Morgan fingerprint density at radius 1 is 1.48 bits per heavy atom. The Bertz CT molecular complexity index is 1100. The van der Waals surface area contributed by atoms with Crippen molar-refractivity contribution in [2.75, 3.05) is 5.73 Å². The Morgan fingerprint density at radius 3 is 2.84 bits per heavy atom. The summed E-state index contributed by atoms with van der Waals surface area (Å²) >= 11 is 9.24. The number of carbonyl (C=O) groups is 3. The number of rotatable bonds is 7. The van der Waals surface area contributed by atoms with E-state index in [2.05, 4.69) is 25.7 Å². The fourth-order valence-corrected chi connectivity index (χ4v) is 6.07.